The van der Waals surface area contributed by atoms with E-state index in [9.17, 15) is 18.0 Å². The molecule has 1 amide bonds. The Hall–Kier alpha value is -1.68. The Labute approximate surface area is 149 Å². The van der Waals surface area contributed by atoms with Crippen molar-refractivity contribution in [2.75, 3.05) is 39.9 Å². The van der Waals surface area contributed by atoms with Crippen LogP contribution >= 0.6 is 0 Å². The maximum absolute atomic E-state index is 12.6. The van der Waals surface area contributed by atoms with Crippen molar-refractivity contribution in [3.05, 3.63) is 11.7 Å². The van der Waals surface area contributed by atoms with E-state index in [1.807, 2.05) is 9.80 Å². The number of ether oxygens (including phenoxy) is 1. The Balaban J connectivity index is 1.63. The van der Waals surface area contributed by atoms with Crippen LogP contribution in [0.1, 0.15) is 37.4 Å². The van der Waals surface area contributed by atoms with Gasteiger partial charge in [-0.3, -0.25) is 9.69 Å². The first-order chi connectivity index (χ1) is 12.3. The SMILES string of the molecule is COCCN1CC2(CCCN(Cc3nc(C(F)(F)F)no3)C2)CCC1=O. The second kappa shape index (κ2) is 7.51. The first-order valence-corrected chi connectivity index (χ1v) is 8.70. The minimum atomic E-state index is -4.60. The molecule has 26 heavy (non-hydrogen) atoms. The van der Waals surface area contributed by atoms with Crippen LogP contribution in [0, 0.1) is 5.41 Å². The van der Waals surface area contributed by atoms with Gasteiger partial charge in [0.25, 0.3) is 5.82 Å². The molecule has 1 spiro atoms. The minimum Gasteiger partial charge on any atom is -0.383 e. The highest BCUT2D eigenvalue weighted by Crippen LogP contribution is 2.39. The molecular weight excluding hydrogens is 353 g/mol. The standard InChI is InChI=1S/C16H23F3N4O3/c1-25-8-7-23-11-15(5-3-13(23)24)4-2-6-22(10-15)9-12-20-14(21-26-12)16(17,18)19/h2-11H2,1H3. The zero-order valence-corrected chi connectivity index (χ0v) is 14.7. The molecule has 7 nitrogen and oxygen atoms in total. The fourth-order valence-corrected chi connectivity index (χ4v) is 3.91. The predicted octanol–water partition coefficient (Wildman–Crippen LogP) is 1.94. The number of carbonyl (C=O) groups excluding carboxylic acids is 1. The number of hydrogen-bond acceptors (Lipinski definition) is 6. The molecule has 2 saturated heterocycles. The molecule has 1 aromatic rings. The van der Waals surface area contributed by atoms with Crippen molar-refractivity contribution in [3.8, 4) is 0 Å². The van der Waals surface area contributed by atoms with Crippen LogP contribution in [-0.2, 0) is 22.3 Å². The summed E-state index contributed by atoms with van der Waals surface area (Å²) >= 11 is 0. The van der Waals surface area contributed by atoms with E-state index in [1.54, 1.807) is 7.11 Å². The third kappa shape index (κ3) is 4.35. The summed E-state index contributed by atoms with van der Waals surface area (Å²) in [5.74, 6) is -1.14. The third-order valence-corrected chi connectivity index (χ3v) is 5.13. The number of piperidine rings is 2. The number of methoxy groups -OCH3 is 1. The lowest BCUT2D eigenvalue weighted by Gasteiger charge is -2.48. The molecule has 1 atom stereocenters. The van der Waals surface area contributed by atoms with Crippen molar-refractivity contribution in [3.63, 3.8) is 0 Å². The van der Waals surface area contributed by atoms with Gasteiger partial charge in [-0.25, -0.2) is 0 Å². The molecule has 2 aliphatic heterocycles. The first-order valence-electron chi connectivity index (χ1n) is 8.70. The maximum atomic E-state index is 12.6. The third-order valence-electron chi connectivity index (χ3n) is 5.13. The van der Waals surface area contributed by atoms with Gasteiger partial charge in [0.1, 0.15) is 0 Å². The Morgan fingerprint density at radius 3 is 2.81 bits per heavy atom. The lowest BCUT2D eigenvalue weighted by molar-refractivity contribution is -0.146. The van der Waals surface area contributed by atoms with Crippen molar-refractivity contribution in [2.24, 2.45) is 5.41 Å². The van der Waals surface area contributed by atoms with E-state index >= 15 is 0 Å². The topological polar surface area (TPSA) is 71.7 Å². The molecule has 0 radical (unpaired) electrons. The molecule has 2 aliphatic rings. The van der Waals surface area contributed by atoms with Gasteiger partial charge < -0.3 is 14.2 Å². The van der Waals surface area contributed by atoms with Crippen molar-refractivity contribution >= 4 is 5.91 Å². The normalized spacial score (nSPS) is 25.2. The van der Waals surface area contributed by atoms with Crippen LogP contribution in [-0.4, -0.2) is 65.7 Å². The second-order valence-corrected chi connectivity index (χ2v) is 7.13. The van der Waals surface area contributed by atoms with Gasteiger partial charge in [-0.1, -0.05) is 5.16 Å². The summed E-state index contributed by atoms with van der Waals surface area (Å²) in [5.41, 5.74) is -0.0349. The highest BCUT2D eigenvalue weighted by molar-refractivity contribution is 5.77. The Morgan fingerprint density at radius 2 is 2.12 bits per heavy atom. The van der Waals surface area contributed by atoms with E-state index in [2.05, 4.69) is 10.1 Å². The van der Waals surface area contributed by atoms with E-state index in [0.717, 1.165) is 25.8 Å². The number of nitrogens with zero attached hydrogens (tertiary/aromatic N) is 4. The minimum absolute atomic E-state index is 0.0301. The summed E-state index contributed by atoms with van der Waals surface area (Å²) in [7, 11) is 1.60. The van der Waals surface area contributed by atoms with E-state index in [0.29, 0.717) is 32.7 Å². The molecule has 3 heterocycles. The number of carbonyl (C=O) groups is 1. The largest absolute Gasteiger partial charge is 0.455 e. The lowest BCUT2D eigenvalue weighted by Crippen LogP contribution is -2.54. The number of hydrogen-bond donors (Lipinski definition) is 0. The number of halogens is 3. The van der Waals surface area contributed by atoms with Crippen LogP contribution in [0.15, 0.2) is 4.52 Å². The molecule has 10 heteroatoms. The number of alkyl halides is 3. The van der Waals surface area contributed by atoms with Gasteiger partial charge in [-0.2, -0.15) is 18.2 Å². The maximum Gasteiger partial charge on any atom is 0.455 e. The molecule has 0 bridgehead atoms. The quantitative estimate of drug-likeness (QED) is 0.782. The second-order valence-electron chi connectivity index (χ2n) is 7.13. The summed E-state index contributed by atoms with van der Waals surface area (Å²) < 4.78 is 47.6. The highest BCUT2D eigenvalue weighted by atomic mass is 19.4. The Kier molecular flexibility index (Phi) is 5.52. The molecule has 146 valence electrons. The average molecular weight is 376 g/mol. The Morgan fingerprint density at radius 1 is 1.31 bits per heavy atom. The first kappa shape index (κ1) is 19.1. The van der Waals surface area contributed by atoms with Gasteiger partial charge in [0.15, 0.2) is 0 Å². The van der Waals surface area contributed by atoms with Crippen molar-refractivity contribution < 1.29 is 27.2 Å². The Bertz CT molecular complexity index is 637. The number of likely N-dealkylation sites (tertiary alicyclic amines) is 2. The van der Waals surface area contributed by atoms with Crippen LogP contribution < -0.4 is 0 Å². The average Bonchev–Trinajstić information content (AvgIpc) is 3.05. The van der Waals surface area contributed by atoms with E-state index in [4.69, 9.17) is 9.26 Å². The van der Waals surface area contributed by atoms with E-state index < -0.39 is 12.0 Å². The van der Waals surface area contributed by atoms with Crippen LogP contribution in [0.25, 0.3) is 0 Å². The number of aromatic nitrogens is 2. The van der Waals surface area contributed by atoms with E-state index in [-0.39, 0.29) is 23.8 Å². The molecule has 1 unspecified atom stereocenters. The highest BCUT2D eigenvalue weighted by Gasteiger charge is 2.42. The summed E-state index contributed by atoms with van der Waals surface area (Å²) in [4.78, 5) is 19.4. The lowest BCUT2D eigenvalue weighted by atomic mass is 9.73. The summed E-state index contributed by atoms with van der Waals surface area (Å²) in [6.07, 6.45) is -1.39. The number of amides is 1. The monoisotopic (exact) mass is 376 g/mol. The van der Waals surface area contributed by atoms with Gasteiger partial charge in [0.2, 0.25) is 11.8 Å². The van der Waals surface area contributed by atoms with Gasteiger partial charge >= 0.3 is 6.18 Å². The van der Waals surface area contributed by atoms with Crippen LogP contribution in [0.5, 0.6) is 0 Å². The molecule has 2 fully saturated rings. The molecule has 0 aliphatic carbocycles. The molecular formula is C16H23F3N4O3. The fraction of sp³-hybridized carbons (Fsp3) is 0.812. The van der Waals surface area contributed by atoms with Crippen molar-refractivity contribution in [1.82, 2.24) is 19.9 Å². The number of rotatable bonds is 5. The summed E-state index contributed by atoms with van der Waals surface area (Å²) in [6, 6.07) is 0. The van der Waals surface area contributed by atoms with Crippen LogP contribution in [0.3, 0.4) is 0 Å². The molecule has 0 aromatic carbocycles. The van der Waals surface area contributed by atoms with Crippen molar-refractivity contribution in [1.29, 1.82) is 0 Å². The predicted molar refractivity (Wildman–Crippen MR) is 83.9 cm³/mol. The zero-order valence-electron chi connectivity index (χ0n) is 14.7. The van der Waals surface area contributed by atoms with Crippen LogP contribution in [0.4, 0.5) is 13.2 Å². The van der Waals surface area contributed by atoms with E-state index in [1.165, 1.54) is 0 Å². The van der Waals surface area contributed by atoms with Gasteiger partial charge in [-0.05, 0) is 25.8 Å². The van der Waals surface area contributed by atoms with Crippen LogP contribution in [0.2, 0.25) is 0 Å². The van der Waals surface area contributed by atoms with Crippen molar-refractivity contribution in [2.45, 2.75) is 38.4 Å². The van der Waals surface area contributed by atoms with Gasteiger partial charge in [-0.15, -0.1) is 0 Å². The summed E-state index contributed by atoms with van der Waals surface area (Å²) in [5, 5.41) is 3.01. The molecule has 3 rings (SSSR count). The fourth-order valence-electron chi connectivity index (χ4n) is 3.91. The molecule has 0 N–H and O–H groups in total. The summed E-state index contributed by atoms with van der Waals surface area (Å²) in [6.45, 7) is 3.37. The molecule has 1 aromatic heterocycles. The zero-order chi connectivity index (χ0) is 18.8. The van der Waals surface area contributed by atoms with Gasteiger partial charge in [0.05, 0.1) is 13.2 Å². The molecule has 0 saturated carbocycles. The smallest absolute Gasteiger partial charge is 0.383 e. The van der Waals surface area contributed by atoms with Gasteiger partial charge in [0, 0.05) is 38.6 Å².